The molecule has 0 radical (unpaired) electrons. The van der Waals surface area contributed by atoms with Gasteiger partial charge in [-0.3, -0.25) is 4.90 Å². The Kier molecular flexibility index (Phi) is 3.10. The van der Waals surface area contributed by atoms with Crippen LogP contribution in [0.25, 0.3) is 0 Å². The summed E-state index contributed by atoms with van der Waals surface area (Å²) in [4.78, 5) is 2.43. The standard InChI is InChI=1S/C11H21NO2/c1-2-14-9-11(13)6-8-12-7-4-3-5-10(11)12/h10,13H,2-9H2,1H3. The van der Waals surface area contributed by atoms with Crippen LogP contribution in [0.15, 0.2) is 0 Å². The van der Waals surface area contributed by atoms with Gasteiger partial charge in [-0.15, -0.1) is 0 Å². The zero-order chi connectivity index (χ0) is 10.0. The fraction of sp³-hybridized carbons (Fsp3) is 1.00. The minimum absolute atomic E-state index is 0.364. The van der Waals surface area contributed by atoms with E-state index in [1.54, 1.807) is 0 Å². The van der Waals surface area contributed by atoms with E-state index in [0.29, 0.717) is 19.3 Å². The first-order valence-electron chi connectivity index (χ1n) is 5.80. The molecule has 0 aromatic heterocycles. The van der Waals surface area contributed by atoms with E-state index in [1.165, 1.54) is 19.4 Å². The third-order valence-corrected chi connectivity index (χ3v) is 3.62. The van der Waals surface area contributed by atoms with Gasteiger partial charge in [-0.05, 0) is 32.7 Å². The SMILES string of the molecule is CCOCC1(O)CCN2CCCCC21. The summed E-state index contributed by atoms with van der Waals surface area (Å²) in [7, 11) is 0. The van der Waals surface area contributed by atoms with E-state index in [1.807, 2.05) is 6.92 Å². The molecule has 0 aliphatic carbocycles. The van der Waals surface area contributed by atoms with Gasteiger partial charge in [0.15, 0.2) is 0 Å². The van der Waals surface area contributed by atoms with Crippen molar-refractivity contribution in [2.75, 3.05) is 26.3 Å². The normalized spacial score (nSPS) is 38.6. The molecular formula is C11H21NO2. The van der Waals surface area contributed by atoms with Gasteiger partial charge in [0, 0.05) is 19.2 Å². The minimum atomic E-state index is -0.559. The first-order chi connectivity index (χ1) is 6.76. The lowest BCUT2D eigenvalue weighted by atomic mass is 9.89. The van der Waals surface area contributed by atoms with Gasteiger partial charge >= 0.3 is 0 Å². The molecule has 2 rings (SSSR count). The molecule has 3 nitrogen and oxygen atoms in total. The highest BCUT2D eigenvalue weighted by Crippen LogP contribution is 2.35. The summed E-state index contributed by atoms with van der Waals surface area (Å²) in [5, 5.41) is 10.5. The summed E-state index contributed by atoms with van der Waals surface area (Å²) >= 11 is 0. The van der Waals surface area contributed by atoms with E-state index >= 15 is 0 Å². The second kappa shape index (κ2) is 4.17. The number of piperidine rings is 1. The Morgan fingerprint density at radius 1 is 1.43 bits per heavy atom. The van der Waals surface area contributed by atoms with Crippen molar-refractivity contribution in [1.29, 1.82) is 0 Å². The Hall–Kier alpha value is -0.120. The van der Waals surface area contributed by atoms with Crippen LogP contribution in [-0.2, 0) is 4.74 Å². The molecule has 2 heterocycles. The predicted octanol–water partition coefficient (Wildman–Crippen LogP) is 1.01. The summed E-state index contributed by atoms with van der Waals surface area (Å²) in [5.74, 6) is 0. The molecular weight excluding hydrogens is 178 g/mol. The molecule has 0 aromatic carbocycles. The summed E-state index contributed by atoms with van der Waals surface area (Å²) < 4.78 is 5.39. The third-order valence-electron chi connectivity index (χ3n) is 3.62. The van der Waals surface area contributed by atoms with Crippen molar-refractivity contribution in [3.63, 3.8) is 0 Å². The zero-order valence-electron chi connectivity index (χ0n) is 9.04. The quantitative estimate of drug-likeness (QED) is 0.736. The van der Waals surface area contributed by atoms with E-state index < -0.39 is 5.60 Å². The number of aliphatic hydroxyl groups is 1. The van der Waals surface area contributed by atoms with Crippen molar-refractivity contribution in [3.05, 3.63) is 0 Å². The van der Waals surface area contributed by atoms with E-state index in [4.69, 9.17) is 4.74 Å². The molecule has 0 bridgehead atoms. The molecule has 2 fully saturated rings. The lowest BCUT2D eigenvalue weighted by Gasteiger charge is -2.37. The average molecular weight is 199 g/mol. The van der Waals surface area contributed by atoms with Crippen molar-refractivity contribution in [3.8, 4) is 0 Å². The summed E-state index contributed by atoms with van der Waals surface area (Å²) in [5.41, 5.74) is -0.559. The summed E-state index contributed by atoms with van der Waals surface area (Å²) in [6.07, 6.45) is 4.58. The van der Waals surface area contributed by atoms with Crippen LogP contribution < -0.4 is 0 Å². The predicted molar refractivity (Wildman–Crippen MR) is 55.3 cm³/mol. The zero-order valence-corrected chi connectivity index (χ0v) is 9.04. The molecule has 0 spiro atoms. The third kappa shape index (κ3) is 1.81. The Bertz CT molecular complexity index is 198. The van der Waals surface area contributed by atoms with Crippen LogP contribution in [0.5, 0.6) is 0 Å². The highest BCUT2D eigenvalue weighted by Gasteiger charge is 2.46. The monoisotopic (exact) mass is 199 g/mol. The molecule has 2 unspecified atom stereocenters. The van der Waals surface area contributed by atoms with Crippen LogP contribution in [0.4, 0.5) is 0 Å². The van der Waals surface area contributed by atoms with E-state index in [-0.39, 0.29) is 0 Å². The molecule has 0 aromatic rings. The van der Waals surface area contributed by atoms with Crippen LogP contribution >= 0.6 is 0 Å². The van der Waals surface area contributed by atoms with Gasteiger partial charge in [-0.2, -0.15) is 0 Å². The molecule has 1 N–H and O–H groups in total. The number of rotatable bonds is 3. The fourth-order valence-corrected chi connectivity index (χ4v) is 2.82. The van der Waals surface area contributed by atoms with Crippen LogP contribution in [0.3, 0.4) is 0 Å². The van der Waals surface area contributed by atoms with Crippen LogP contribution in [0.2, 0.25) is 0 Å². The minimum Gasteiger partial charge on any atom is -0.386 e. The Morgan fingerprint density at radius 3 is 3.07 bits per heavy atom. The maximum Gasteiger partial charge on any atom is 0.105 e. The Balaban J connectivity index is 1.97. The molecule has 3 heteroatoms. The second-order valence-corrected chi connectivity index (χ2v) is 4.54. The lowest BCUT2D eigenvalue weighted by molar-refractivity contribution is -0.0707. The number of fused-ring (bicyclic) bond motifs is 1. The van der Waals surface area contributed by atoms with Gasteiger partial charge in [0.25, 0.3) is 0 Å². The molecule has 0 amide bonds. The molecule has 2 aliphatic rings. The highest BCUT2D eigenvalue weighted by molar-refractivity contribution is 5.01. The number of ether oxygens (including phenoxy) is 1. The van der Waals surface area contributed by atoms with Crippen LogP contribution in [-0.4, -0.2) is 48.0 Å². The van der Waals surface area contributed by atoms with Gasteiger partial charge in [-0.1, -0.05) is 6.42 Å². The molecule has 14 heavy (non-hydrogen) atoms. The highest BCUT2D eigenvalue weighted by atomic mass is 16.5. The first kappa shape index (κ1) is 10.4. The molecule has 2 saturated heterocycles. The average Bonchev–Trinajstić information content (AvgIpc) is 2.55. The first-order valence-corrected chi connectivity index (χ1v) is 5.80. The number of hydrogen-bond acceptors (Lipinski definition) is 3. The van der Waals surface area contributed by atoms with Gasteiger partial charge < -0.3 is 9.84 Å². The maximum absolute atomic E-state index is 10.5. The van der Waals surface area contributed by atoms with Gasteiger partial charge in [-0.25, -0.2) is 0 Å². The lowest BCUT2D eigenvalue weighted by Crippen LogP contribution is -2.49. The van der Waals surface area contributed by atoms with Crippen LogP contribution in [0.1, 0.15) is 32.6 Å². The van der Waals surface area contributed by atoms with Crippen molar-refractivity contribution in [1.82, 2.24) is 4.90 Å². The largest absolute Gasteiger partial charge is 0.386 e. The maximum atomic E-state index is 10.5. The molecule has 2 aliphatic heterocycles. The Labute approximate surface area is 86.0 Å². The van der Waals surface area contributed by atoms with Gasteiger partial charge in [0.1, 0.15) is 5.60 Å². The van der Waals surface area contributed by atoms with E-state index in [2.05, 4.69) is 4.90 Å². The number of hydrogen-bond donors (Lipinski definition) is 1. The van der Waals surface area contributed by atoms with Crippen molar-refractivity contribution in [2.24, 2.45) is 0 Å². The van der Waals surface area contributed by atoms with Crippen molar-refractivity contribution < 1.29 is 9.84 Å². The summed E-state index contributed by atoms with van der Waals surface area (Å²) in [6, 6.07) is 0.364. The van der Waals surface area contributed by atoms with Crippen molar-refractivity contribution in [2.45, 2.75) is 44.2 Å². The summed E-state index contributed by atoms with van der Waals surface area (Å²) in [6.45, 7) is 5.42. The van der Waals surface area contributed by atoms with E-state index in [0.717, 1.165) is 19.4 Å². The van der Waals surface area contributed by atoms with Crippen LogP contribution in [0, 0.1) is 0 Å². The van der Waals surface area contributed by atoms with Crippen molar-refractivity contribution >= 4 is 0 Å². The molecule has 2 atom stereocenters. The number of nitrogens with zero attached hydrogens (tertiary/aromatic N) is 1. The topological polar surface area (TPSA) is 32.7 Å². The fourth-order valence-electron chi connectivity index (χ4n) is 2.82. The van der Waals surface area contributed by atoms with E-state index in [9.17, 15) is 5.11 Å². The van der Waals surface area contributed by atoms with Gasteiger partial charge in [0.2, 0.25) is 0 Å². The molecule has 0 saturated carbocycles. The second-order valence-electron chi connectivity index (χ2n) is 4.54. The molecule has 82 valence electrons. The van der Waals surface area contributed by atoms with Gasteiger partial charge in [0.05, 0.1) is 6.61 Å². The Morgan fingerprint density at radius 2 is 2.29 bits per heavy atom. The smallest absolute Gasteiger partial charge is 0.105 e.